The number of imidazole rings is 1. The number of aryl methyl sites for hydroxylation is 1. The number of carbonyl (C=O) groups is 1. The second-order valence-electron chi connectivity index (χ2n) is 4.69. The van der Waals surface area contributed by atoms with Crippen molar-refractivity contribution in [2.45, 2.75) is 19.8 Å². The smallest absolute Gasteiger partial charge is 0.130 e. The zero-order valence-corrected chi connectivity index (χ0v) is 10.7. The number of fused-ring (bicyclic) bond motifs is 1. The summed E-state index contributed by atoms with van der Waals surface area (Å²) in [5.74, 6) is 1.04. The van der Waals surface area contributed by atoms with Crippen molar-refractivity contribution < 1.29 is 4.79 Å². The minimum Gasteiger partial charge on any atom is -0.360 e. The van der Waals surface area contributed by atoms with Crippen molar-refractivity contribution in [1.82, 2.24) is 15.0 Å². The van der Waals surface area contributed by atoms with Crippen LogP contribution in [0.1, 0.15) is 19.2 Å². The molecule has 2 heterocycles. The van der Waals surface area contributed by atoms with Gasteiger partial charge < -0.3 is 14.8 Å². The first-order valence-electron chi connectivity index (χ1n) is 6.34. The largest absolute Gasteiger partial charge is 0.360 e. The van der Waals surface area contributed by atoms with E-state index in [0.717, 1.165) is 22.6 Å². The third kappa shape index (κ3) is 2.29. The number of hydrogen-bond donors (Lipinski definition) is 2. The number of benzene rings is 1. The van der Waals surface area contributed by atoms with Crippen molar-refractivity contribution in [3.63, 3.8) is 0 Å². The number of nitrogens with one attached hydrogen (secondary N) is 2. The summed E-state index contributed by atoms with van der Waals surface area (Å²) in [7, 11) is 0. The Hall–Kier alpha value is -2.36. The van der Waals surface area contributed by atoms with E-state index < -0.39 is 0 Å². The summed E-state index contributed by atoms with van der Waals surface area (Å²) in [4.78, 5) is 21.8. The molecule has 1 aromatic carbocycles. The third-order valence-electron chi connectivity index (χ3n) is 3.22. The summed E-state index contributed by atoms with van der Waals surface area (Å²) >= 11 is 0. The van der Waals surface area contributed by atoms with Crippen LogP contribution >= 0.6 is 0 Å². The van der Waals surface area contributed by atoms with E-state index in [1.54, 1.807) is 6.92 Å². The zero-order chi connectivity index (χ0) is 13.2. The molecule has 0 bridgehead atoms. The van der Waals surface area contributed by atoms with Gasteiger partial charge in [-0.3, -0.25) is 0 Å². The van der Waals surface area contributed by atoms with Gasteiger partial charge >= 0.3 is 0 Å². The molecule has 2 aromatic heterocycles. The lowest BCUT2D eigenvalue weighted by atomic mass is 10.1. The molecule has 0 fully saturated rings. The fourth-order valence-corrected chi connectivity index (χ4v) is 2.22. The highest BCUT2D eigenvalue weighted by molar-refractivity contribution is 5.94. The van der Waals surface area contributed by atoms with E-state index in [2.05, 4.69) is 21.0 Å². The highest BCUT2D eigenvalue weighted by Crippen LogP contribution is 2.27. The standard InChI is InChI=1S/C15H15N3O/c1-10(19)6-7-15-17-9-14(18-15)12-8-16-13-5-3-2-4-11(12)13/h2-5,8-9,16H,6-7H2,1H3,(H,17,18). The van der Waals surface area contributed by atoms with Crippen LogP contribution in [0.2, 0.25) is 0 Å². The Balaban J connectivity index is 1.92. The third-order valence-corrected chi connectivity index (χ3v) is 3.22. The maximum Gasteiger partial charge on any atom is 0.130 e. The van der Waals surface area contributed by atoms with Gasteiger partial charge in [-0.25, -0.2) is 4.98 Å². The number of nitrogens with zero attached hydrogens (tertiary/aromatic N) is 1. The number of H-pyrrole nitrogens is 2. The van der Waals surface area contributed by atoms with Gasteiger partial charge in [0.15, 0.2) is 0 Å². The number of hydrogen-bond acceptors (Lipinski definition) is 2. The molecule has 3 aromatic rings. The van der Waals surface area contributed by atoms with Gasteiger partial charge in [0.25, 0.3) is 0 Å². The van der Waals surface area contributed by atoms with Crippen molar-refractivity contribution in [2.24, 2.45) is 0 Å². The Morgan fingerprint density at radius 2 is 2.16 bits per heavy atom. The van der Waals surface area contributed by atoms with Gasteiger partial charge in [0.2, 0.25) is 0 Å². The first-order valence-corrected chi connectivity index (χ1v) is 6.34. The molecule has 0 aliphatic rings. The van der Waals surface area contributed by atoms with Crippen molar-refractivity contribution in [2.75, 3.05) is 0 Å². The van der Waals surface area contributed by atoms with Crippen LogP contribution in [-0.4, -0.2) is 20.7 Å². The van der Waals surface area contributed by atoms with Crippen molar-refractivity contribution in [1.29, 1.82) is 0 Å². The van der Waals surface area contributed by atoms with Gasteiger partial charge in [-0.2, -0.15) is 0 Å². The van der Waals surface area contributed by atoms with E-state index in [-0.39, 0.29) is 5.78 Å². The first-order chi connectivity index (χ1) is 9.24. The molecule has 2 N–H and O–H groups in total. The van der Waals surface area contributed by atoms with Crippen LogP contribution in [0, 0.1) is 0 Å². The maximum atomic E-state index is 11.0. The lowest BCUT2D eigenvalue weighted by Gasteiger charge is -1.95. The van der Waals surface area contributed by atoms with Gasteiger partial charge in [0.05, 0.1) is 11.9 Å². The Kier molecular flexibility index (Phi) is 2.91. The Bertz CT molecular complexity index is 724. The maximum absolute atomic E-state index is 11.0. The number of ketones is 1. The molecule has 0 atom stereocenters. The minimum atomic E-state index is 0.185. The number of para-hydroxylation sites is 1. The predicted molar refractivity (Wildman–Crippen MR) is 74.9 cm³/mol. The summed E-state index contributed by atoms with van der Waals surface area (Å²) in [6.45, 7) is 1.60. The molecular formula is C15H15N3O. The summed E-state index contributed by atoms with van der Waals surface area (Å²) < 4.78 is 0. The highest BCUT2D eigenvalue weighted by atomic mass is 16.1. The fraction of sp³-hybridized carbons (Fsp3) is 0.200. The average molecular weight is 253 g/mol. The van der Waals surface area contributed by atoms with Crippen LogP contribution in [0.3, 0.4) is 0 Å². The van der Waals surface area contributed by atoms with Crippen LogP contribution in [0.5, 0.6) is 0 Å². The summed E-state index contributed by atoms with van der Waals surface area (Å²) in [6, 6.07) is 8.16. The minimum absolute atomic E-state index is 0.185. The number of rotatable bonds is 4. The van der Waals surface area contributed by atoms with Gasteiger partial charge in [-0.15, -0.1) is 0 Å². The topological polar surface area (TPSA) is 61.5 Å². The van der Waals surface area contributed by atoms with Crippen LogP contribution in [0.15, 0.2) is 36.7 Å². The van der Waals surface area contributed by atoms with Crippen LogP contribution in [0.4, 0.5) is 0 Å². The Labute approximate surface area is 110 Å². The molecule has 4 heteroatoms. The molecular weight excluding hydrogens is 238 g/mol. The van der Waals surface area contributed by atoms with E-state index in [9.17, 15) is 4.79 Å². The van der Waals surface area contributed by atoms with Crippen LogP contribution in [-0.2, 0) is 11.2 Å². The van der Waals surface area contributed by atoms with E-state index in [1.165, 1.54) is 5.39 Å². The van der Waals surface area contributed by atoms with Crippen LogP contribution in [0.25, 0.3) is 22.2 Å². The first kappa shape index (κ1) is 11.7. The van der Waals surface area contributed by atoms with Gasteiger partial charge in [0, 0.05) is 35.5 Å². The molecule has 4 nitrogen and oxygen atoms in total. The molecule has 0 radical (unpaired) electrons. The molecule has 0 amide bonds. The van der Waals surface area contributed by atoms with Crippen molar-refractivity contribution >= 4 is 16.7 Å². The number of aromatic amines is 2. The number of carbonyl (C=O) groups excluding carboxylic acids is 1. The fourth-order valence-electron chi connectivity index (χ4n) is 2.22. The van der Waals surface area contributed by atoms with E-state index >= 15 is 0 Å². The van der Waals surface area contributed by atoms with Gasteiger partial charge in [-0.05, 0) is 13.0 Å². The van der Waals surface area contributed by atoms with Gasteiger partial charge in [0.1, 0.15) is 11.6 Å². The number of Topliss-reactive ketones (excluding diaryl/α,β-unsaturated/α-hetero) is 1. The lowest BCUT2D eigenvalue weighted by molar-refractivity contribution is -0.117. The zero-order valence-electron chi connectivity index (χ0n) is 10.7. The van der Waals surface area contributed by atoms with Gasteiger partial charge in [-0.1, -0.05) is 18.2 Å². The van der Waals surface area contributed by atoms with Crippen molar-refractivity contribution in [3.8, 4) is 11.3 Å². The molecule has 0 unspecified atom stereocenters. The van der Waals surface area contributed by atoms with E-state index in [4.69, 9.17) is 0 Å². The van der Waals surface area contributed by atoms with E-state index in [1.807, 2.05) is 30.6 Å². The molecule has 19 heavy (non-hydrogen) atoms. The monoisotopic (exact) mass is 253 g/mol. The Morgan fingerprint density at radius 3 is 3.00 bits per heavy atom. The summed E-state index contributed by atoms with van der Waals surface area (Å²) in [6.07, 6.45) is 5.00. The molecule has 0 saturated heterocycles. The SMILES string of the molecule is CC(=O)CCc1ncc(-c2c[nH]c3ccccc23)[nH]1. The number of aromatic nitrogens is 3. The molecule has 3 rings (SSSR count). The normalized spacial score (nSPS) is 11.0. The summed E-state index contributed by atoms with van der Waals surface area (Å²) in [5.41, 5.74) is 3.20. The molecule has 0 aliphatic heterocycles. The second-order valence-corrected chi connectivity index (χ2v) is 4.69. The second kappa shape index (κ2) is 4.72. The Morgan fingerprint density at radius 1 is 1.32 bits per heavy atom. The predicted octanol–water partition coefficient (Wildman–Crippen LogP) is 3.08. The van der Waals surface area contributed by atoms with E-state index in [0.29, 0.717) is 12.8 Å². The van der Waals surface area contributed by atoms with Crippen molar-refractivity contribution in [3.05, 3.63) is 42.5 Å². The lowest BCUT2D eigenvalue weighted by Crippen LogP contribution is -1.95. The highest BCUT2D eigenvalue weighted by Gasteiger charge is 2.08. The molecule has 0 spiro atoms. The summed E-state index contributed by atoms with van der Waals surface area (Å²) in [5, 5.41) is 1.17. The molecule has 0 aliphatic carbocycles. The molecule has 96 valence electrons. The average Bonchev–Trinajstić information content (AvgIpc) is 3.02. The quantitative estimate of drug-likeness (QED) is 0.750. The molecule has 0 saturated carbocycles. The van der Waals surface area contributed by atoms with Crippen LogP contribution < -0.4 is 0 Å².